The van der Waals surface area contributed by atoms with E-state index < -0.39 is 0 Å². The minimum Gasteiger partial charge on any atom is -0.359 e. The summed E-state index contributed by atoms with van der Waals surface area (Å²) >= 11 is 6.01. The van der Waals surface area contributed by atoms with Gasteiger partial charge in [0.05, 0.1) is 11.7 Å². The molecule has 3 heterocycles. The zero-order valence-electron chi connectivity index (χ0n) is 14.3. The Morgan fingerprint density at radius 1 is 1.27 bits per heavy atom. The van der Waals surface area contributed by atoms with Crippen LogP contribution in [0.1, 0.15) is 47.7 Å². The topological polar surface area (TPSA) is 72.4 Å². The molecule has 1 unspecified atom stereocenters. The van der Waals surface area contributed by atoms with Gasteiger partial charge in [-0.2, -0.15) is 0 Å². The highest BCUT2D eigenvalue weighted by Gasteiger charge is 2.34. The first-order valence-electron chi connectivity index (χ1n) is 8.65. The number of halogens is 1. The van der Waals surface area contributed by atoms with Gasteiger partial charge in [-0.15, -0.1) is 0 Å². The highest BCUT2D eigenvalue weighted by Crippen LogP contribution is 2.34. The summed E-state index contributed by atoms with van der Waals surface area (Å²) in [7, 11) is 0. The van der Waals surface area contributed by atoms with E-state index in [4.69, 9.17) is 20.6 Å². The largest absolute Gasteiger partial charge is 0.359 e. The Kier molecular flexibility index (Phi) is 4.51. The molecule has 0 bridgehead atoms. The Balaban J connectivity index is 1.57. The Morgan fingerprint density at radius 2 is 2.15 bits per heavy atom. The monoisotopic (exact) mass is 371 g/mol. The molecule has 4 rings (SSSR count). The third-order valence-electron chi connectivity index (χ3n) is 4.62. The van der Waals surface area contributed by atoms with Crippen LogP contribution in [0.2, 0.25) is 5.02 Å². The van der Waals surface area contributed by atoms with Crippen molar-refractivity contribution in [3.05, 3.63) is 58.6 Å². The predicted octanol–water partition coefficient (Wildman–Crippen LogP) is 4.52. The maximum atomic E-state index is 12.9. The third-order valence-corrected chi connectivity index (χ3v) is 4.86. The second kappa shape index (κ2) is 6.96. The molecule has 0 saturated carbocycles. The summed E-state index contributed by atoms with van der Waals surface area (Å²) < 4.78 is 10.8. The Bertz CT molecular complexity index is 934. The standard InChI is InChI=1S/C19H18ClN3O3/c1-2-14-10-18(26-21-14)16-7-4-8-23(16)19(24)15-11-17(25-22-15)12-5-3-6-13(20)9-12/h3,5-6,9-11,16H,2,4,7-8H2,1H3. The van der Waals surface area contributed by atoms with Gasteiger partial charge in [0, 0.05) is 29.3 Å². The van der Waals surface area contributed by atoms with E-state index in [0.29, 0.717) is 17.3 Å². The summed E-state index contributed by atoms with van der Waals surface area (Å²) in [4.78, 5) is 14.7. The van der Waals surface area contributed by atoms with Gasteiger partial charge in [0.15, 0.2) is 17.2 Å². The van der Waals surface area contributed by atoms with Gasteiger partial charge in [0.2, 0.25) is 0 Å². The van der Waals surface area contributed by atoms with Crippen LogP contribution in [0.5, 0.6) is 0 Å². The fourth-order valence-corrected chi connectivity index (χ4v) is 3.45. The molecule has 1 aliphatic heterocycles. The minimum absolute atomic E-state index is 0.110. The molecule has 7 heteroatoms. The number of aryl methyl sites for hydroxylation is 1. The molecule has 1 saturated heterocycles. The molecule has 0 aliphatic carbocycles. The molecule has 26 heavy (non-hydrogen) atoms. The first-order valence-corrected chi connectivity index (χ1v) is 9.02. The first kappa shape index (κ1) is 16.8. The van der Waals surface area contributed by atoms with Crippen molar-refractivity contribution in [3.63, 3.8) is 0 Å². The van der Waals surface area contributed by atoms with Crippen molar-refractivity contribution in [2.24, 2.45) is 0 Å². The molecule has 0 radical (unpaired) electrons. The first-order chi connectivity index (χ1) is 12.7. The van der Waals surface area contributed by atoms with Crippen LogP contribution in [-0.4, -0.2) is 27.7 Å². The van der Waals surface area contributed by atoms with Gasteiger partial charge in [-0.05, 0) is 31.4 Å². The predicted molar refractivity (Wildman–Crippen MR) is 95.8 cm³/mol. The van der Waals surface area contributed by atoms with Gasteiger partial charge in [0.1, 0.15) is 0 Å². The van der Waals surface area contributed by atoms with E-state index in [1.54, 1.807) is 23.1 Å². The van der Waals surface area contributed by atoms with Crippen LogP contribution < -0.4 is 0 Å². The van der Waals surface area contributed by atoms with E-state index in [9.17, 15) is 4.79 Å². The lowest BCUT2D eigenvalue weighted by Gasteiger charge is -2.21. The van der Waals surface area contributed by atoms with Crippen LogP contribution in [0.4, 0.5) is 0 Å². The van der Waals surface area contributed by atoms with Crippen molar-refractivity contribution in [1.29, 1.82) is 0 Å². The van der Waals surface area contributed by atoms with E-state index in [0.717, 1.165) is 36.3 Å². The molecule has 1 fully saturated rings. The Labute approximate surface area is 155 Å². The zero-order valence-corrected chi connectivity index (χ0v) is 15.1. The average Bonchev–Trinajstić information content (AvgIpc) is 3.40. The molecule has 2 aromatic heterocycles. The number of hydrogen-bond acceptors (Lipinski definition) is 5. The van der Waals surface area contributed by atoms with Crippen LogP contribution in [0.25, 0.3) is 11.3 Å². The fourth-order valence-electron chi connectivity index (χ4n) is 3.26. The highest BCUT2D eigenvalue weighted by molar-refractivity contribution is 6.30. The lowest BCUT2D eigenvalue weighted by Crippen LogP contribution is -2.30. The number of aromatic nitrogens is 2. The maximum absolute atomic E-state index is 12.9. The third kappa shape index (κ3) is 3.12. The number of amides is 1. The van der Waals surface area contributed by atoms with Crippen molar-refractivity contribution >= 4 is 17.5 Å². The summed E-state index contributed by atoms with van der Waals surface area (Å²) in [6, 6.07) is 10.7. The summed E-state index contributed by atoms with van der Waals surface area (Å²) in [5.41, 5.74) is 1.95. The second-order valence-electron chi connectivity index (χ2n) is 6.32. The molecule has 0 spiro atoms. The second-order valence-corrected chi connectivity index (χ2v) is 6.75. The van der Waals surface area contributed by atoms with Crippen LogP contribution in [0.3, 0.4) is 0 Å². The lowest BCUT2D eigenvalue weighted by atomic mass is 10.1. The van der Waals surface area contributed by atoms with Crippen LogP contribution in [-0.2, 0) is 6.42 Å². The zero-order chi connectivity index (χ0) is 18.1. The van der Waals surface area contributed by atoms with Crippen LogP contribution in [0.15, 0.2) is 45.4 Å². The molecular formula is C19H18ClN3O3. The van der Waals surface area contributed by atoms with E-state index in [-0.39, 0.29) is 17.6 Å². The lowest BCUT2D eigenvalue weighted by molar-refractivity contribution is 0.0704. The Morgan fingerprint density at radius 3 is 2.92 bits per heavy atom. The number of nitrogens with zero attached hydrogens (tertiary/aromatic N) is 3. The van der Waals surface area contributed by atoms with E-state index in [1.807, 2.05) is 25.1 Å². The Hall–Kier alpha value is -2.60. The average molecular weight is 372 g/mol. The van der Waals surface area contributed by atoms with Gasteiger partial charge in [-0.25, -0.2) is 0 Å². The number of rotatable bonds is 4. The number of carbonyl (C=O) groups excluding carboxylic acids is 1. The molecule has 134 valence electrons. The van der Waals surface area contributed by atoms with Crippen molar-refractivity contribution in [3.8, 4) is 11.3 Å². The molecule has 1 amide bonds. The number of benzene rings is 1. The van der Waals surface area contributed by atoms with Crippen molar-refractivity contribution < 1.29 is 13.8 Å². The highest BCUT2D eigenvalue weighted by atomic mass is 35.5. The number of carbonyl (C=O) groups is 1. The quantitative estimate of drug-likeness (QED) is 0.674. The van der Waals surface area contributed by atoms with Gasteiger partial charge in [-0.3, -0.25) is 4.79 Å². The van der Waals surface area contributed by atoms with Crippen molar-refractivity contribution in [1.82, 2.24) is 15.2 Å². The van der Waals surface area contributed by atoms with Crippen molar-refractivity contribution in [2.45, 2.75) is 32.2 Å². The smallest absolute Gasteiger partial charge is 0.276 e. The van der Waals surface area contributed by atoms with Gasteiger partial charge >= 0.3 is 0 Å². The minimum atomic E-state index is -0.168. The SMILES string of the molecule is CCc1cc(C2CCCN2C(=O)c2cc(-c3cccc(Cl)c3)on2)on1. The molecule has 1 atom stereocenters. The molecule has 1 aromatic carbocycles. The number of likely N-dealkylation sites (tertiary alicyclic amines) is 1. The summed E-state index contributed by atoms with van der Waals surface area (Å²) in [5, 5.41) is 8.60. The van der Waals surface area contributed by atoms with Gasteiger partial charge in [0.25, 0.3) is 5.91 Å². The van der Waals surface area contributed by atoms with Crippen molar-refractivity contribution in [2.75, 3.05) is 6.54 Å². The van der Waals surface area contributed by atoms with Crippen LogP contribution >= 0.6 is 11.6 Å². The summed E-state index contributed by atoms with van der Waals surface area (Å²) in [6.45, 7) is 2.68. The molecular weight excluding hydrogens is 354 g/mol. The van der Waals surface area contributed by atoms with E-state index in [2.05, 4.69) is 10.3 Å². The summed E-state index contributed by atoms with van der Waals surface area (Å²) in [6.07, 6.45) is 2.57. The molecule has 6 nitrogen and oxygen atoms in total. The van der Waals surface area contributed by atoms with E-state index >= 15 is 0 Å². The van der Waals surface area contributed by atoms with Gasteiger partial charge in [-0.1, -0.05) is 41.0 Å². The maximum Gasteiger partial charge on any atom is 0.276 e. The normalized spacial score (nSPS) is 17.0. The molecule has 0 N–H and O–H groups in total. The summed E-state index contributed by atoms with van der Waals surface area (Å²) in [5.74, 6) is 1.07. The fraction of sp³-hybridized carbons (Fsp3) is 0.316. The molecule has 1 aliphatic rings. The van der Waals surface area contributed by atoms with E-state index in [1.165, 1.54) is 0 Å². The van der Waals surface area contributed by atoms with Gasteiger partial charge < -0.3 is 13.9 Å². The van der Waals surface area contributed by atoms with Crippen LogP contribution in [0, 0.1) is 0 Å². The molecule has 3 aromatic rings. The number of hydrogen-bond donors (Lipinski definition) is 0.